The minimum Gasteiger partial charge on any atom is -0.486 e. The summed E-state index contributed by atoms with van der Waals surface area (Å²) in [6, 6.07) is 25.0. The van der Waals surface area contributed by atoms with E-state index in [-0.39, 0.29) is 18.3 Å². The molecule has 198 valence electrons. The Morgan fingerprint density at radius 3 is 2.05 bits per heavy atom. The number of benzene rings is 3. The number of aliphatic imine (C=N–C) groups is 1. The van der Waals surface area contributed by atoms with E-state index in [9.17, 15) is 14.0 Å². The second-order valence-electron chi connectivity index (χ2n) is 9.51. The summed E-state index contributed by atoms with van der Waals surface area (Å²) in [5.74, 6) is 0.922. The van der Waals surface area contributed by atoms with E-state index in [4.69, 9.17) is 15.5 Å². The zero-order chi connectivity index (χ0) is 27.0. The van der Waals surface area contributed by atoms with E-state index in [2.05, 4.69) is 11.9 Å². The van der Waals surface area contributed by atoms with E-state index in [1.807, 2.05) is 60.7 Å². The summed E-state index contributed by atoms with van der Waals surface area (Å²) in [6.45, 7) is 2.77. The first-order chi connectivity index (χ1) is 18.4. The lowest BCUT2D eigenvalue weighted by Gasteiger charge is -2.32. The van der Waals surface area contributed by atoms with Gasteiger partial charge in [-0.1, -0.05) is 60.7 Å². The molecule has 0 spiro atoms. The number of piperidine rings is 1. The third-order valence-electron chi connectivity index (χ3n) is 6.91. The maximum atomic E-state index is 13.7. The van der Waals surface area contributed by atoms with E-state index in [1.54, 1.807) is 4.90 Å². The number of hydrogen-bond donors (Lipinski definition) is 1. The van der Waals surface area contributed by atoms with Gasteiger partial charge in [0.15, 0.2) is 17.8 Å². The molecule has 3 aromatic rings. The number of amides is 1. The minimum atomic E-state index is -1.09. The zero-order valence-corrected chi connectivity index (χ0v) is 21.5. The van der Waals surface area contributed by atoms with Crippen LogP contribution in [0.2, 0.25) is 0 Å². The minimum absolute atomic E-state index is 0.00559. The summed E-state index contributed by atoms with van der Waals surface area (Å²) in [4.78, 5) is 32.3. The summed E-state index contributed by atoms with van der Waals surface area (Å²) in [7, 11) is 2.14. The lowest BCUT2D eigenvalue weighted by atomic mass is 9.82. The Bertz CT molecular complexity index is 1190. The second kappa shape index (κ2) is 12.5. The highest BCUT2D eigenvalue weighted by Crippen LogP contribution is 2.40. The SMILES string of the molecule is CN1CCC(CN2C(=O)C(c3ccccc3)(c3ccccc3)N=C2N)CC1.O=CCOc1ccc(F)cc1. The Morgan fingerprint density at radius 1 is 0.974 bits per heavy atom. The molecule has 1 saturated heterocycles. The molecular weight excluding hydrogens is 483 g/mol. The van der Waals surface area contributed by atoms with Crippen molar-refractivity contribution in [1.82, 2.24) is 9.80 Å². The Balaban J connectivity index is 0.000000257. The first-order valence-electron chi connectivity index (χ1n) is 12.7. The fraction of sp³-hybridized carbons (Fsp3) is 0.300. The van der Waals surface area contributed by atoms with Gasteiger partial charge in [-0.25, -0.2) is 9.38 Å². The maximum Gasteiger partial charge on any atom is 0.266 e. The molecule has 5 rings (SSSR count). The fourth-order valence-corrected chi connectivity index (χ4v) is 4.82. The number of carbonyl (C=O) groups is 2. The van der Waals surface area contributed by atoms with Crippen LogP contribution in [-0.2, 0) is 15.1 Å². The predicted molar refractivity (Wildman–Crippen MR) is 145 cm³/mol. The topological polar surface area (TPSA) is 88.2 Å². The Hall–Kier alpha value is -4.04. The number of nitrogens with zero attached hydrogens (tertiary/aromatic N) is 3. The number of carbonyl (C=O) groups excluding carboxylic acids is 2. The summed E-state index contributed by atoms with van der Waals surface area (Å²) in [5, 5.41) is 0. The summed E-state index contributed by atoms with van der Waals surface area (Å²) < 4.78 is 17.2. The molecule has 0 aliphatic carbocycles. The van der Waals surface area contributed by atoms with E-state index >= 15 is 0 Å². The monoisotopic (exact) mass is 516 g/mol. The van der Waals surface area contributed by atoms with Crippen molar-refractivity contribution in [3.8, 4) is 5.75 Å². The first-order valence-corrected chi connectivity index (χ1v) is 12.7. The molecule has 0 radical (unpaired) electrons. The average Bonchev–Trinajstić information content (AvgIpc) is 3.21. The molecule has 38 heavy (non-hydrogen) atoms. The standard InChI is InChI=1S/C22H26N4O.C8H7FO2/c1-25-14-12-17(13-15-25)16-26-20(27)22(24-21(26)23,18-8-4-2-5-9-18)19-10-6-3-7-11-19;9-7-1-3-8(4-2-7)11-6-5-10/h2-11,17H,12-16H2,1H3,(H2,23,24);1-5H,6H2. The van der Waals surface area contributed by atoms with Gasteiger partial charge in [0.1, 0.15) is 18.2 Å². The second-order valence-corrected chi connectivity index (χ2v) is 9.51. The van der Waals surface area contributed by atoms with Gasteiger partial charge in [-0.2, -0.15) is 0 Å². The van der Waals surface area contributed by atoms with Gasteiger partial charge in [0.05, 0.1) is 0 Å². The molecule has 3 aromatic carbocycles. The molecule has 1 amide bonds. The van der Waals surface area contributed by atoms with Crippen LogP contribution in [-0.4, -0.2) is 61.2 Å². The van der Waals surface area contributed by atoms with Crippen LogP contribution in [0.25, 0.3) is 0 Å². The van der Waals surface area contributed by atoms with Crippen LogP contribution in [0.3, 0.4) is 0 Å². The molecule has 1 fully saturated rings. The van der Waals surface area contributed by atoms with Crippen molar-refractivity contribution >= 4 is 18.2 Å². The van der Waals surface area contributed by atoms with Crippen molar-refractivity contribution in [2.75, 3.05) is 33.3 Å². The molecular formula is C30H33FN4O3. The van der Waals surface area contributed by atoms with Gasteiger partial charge >= 0.3 is 0 Å². The normalized spacial score (nSPS) is 17.4. The maximum absolute atomic E-state index is 13.7. The third-order valence-corrected chi connectivity index (χ3v) is 6.91. The number of guanidine groups is 1. The molecule has 0 saturated carbocycles. The summed E-state index contributed by atoms with van der Waals surface area (Å²) in [5.41, 5.74) is 6.94. The number of halogens is 1. The van der Waals surface area contributed by atoms with Gasteiger partial charge in [0, 0.05) is 6.54 Å². The molecule has 0 atom stereocenters. The molecule has 2 aliphatic rings. The predicted octanol–water partition coefficient (Wildman–Crippen LogP) is 3.83. The van der Waals surface area contributed by atoms with Crippen LogP contribution in [0.1, 0.15) is 24.0 Å². The highest BCUT2D eigenvalue weighted by molar-refractivity contribution is 6.09. The molecule has 0 unspecified atom stereocenters. The van der Waals surface area contributed by atoms with E-state index in [1.165, 1.54) is 24.3 Å². The number of ether oxygens (including phenoxy) is 1. The molecule has 0 bridgehead atoms. The Kier molecular flexibility index (Phi) is 8.86. The molecule has 8 heteroatoms. The number of rotatable bonds is 7. The molecule has 7 nitrogen and oxygen atoms in total. The molecule has 2 N–H and O–H groups in total. The summed E-state index contributed by atoms with van der Waals surface area (Å²) >= 11 is 0. The molecule has 0 aromatic heterocycles. The average molecular weight is 517 g/mol. The van der Waals surface area contributed by atoms with Crippen molar-refractivity contribution in [1.29, 1.82) is 0 Å². The van der Waals surface area contributed by atoms with Gasteiger partial charge in [-0.3, -0.25) is 14.5 Å². The largest absolute Gasteiger partial charge is 0.486 e. The lowest BCUT2D eigenvalue weighted by molar-refractivity contribution is -0.130. The van der Waals surface area contributed by atoms with E-state index in [0.717, 1.165) is 37.1 Å². The molecule has 2 aliphatic heterocycles. The van der Waals surface area contributed by atoms with Crippen LogP contribution < -0.4 is 10.5 Å². The van der Waals surface area contributed by atoms with Crippen LogP contribution in [0.4, 0.5) is 4.39 Å². The highest BCUT2D eigenvalue weighted by atomic mass is 19.1. The Labute approximate surface area is 222 Å². The van der Waals surface area contributed by atoms with Crippen LogP contribution in [0, 0.1) is 11.7 Å². The quantitative estimate of drug-likeness (QED) is 0.482. The van der Waals surface area contributed by atoms with Crippen LogP contribution >= 0.6 is 0 Å². The van der Waals surface area contributed by atoms with E-state index in [0.29, 0.717) is 30.5 Å². The summed E-state index contributed by atoms with van der Waals surface area (Å²) in [6.07, 6.45) is 2.80. The smallest absolute Gasteiger partial charge is 0.266 e. The van der Waals surface area contributed by atoms with Crippen molar-refractivity contribution in [3.05, 3.63) is 102 Å². The number of likely N-dealkylation sites (tertiary alicyclic amines) is 1. The van der Waals surface area contributed by atoms with Crippen LogP contribution in [0.15, 0.2) is 89.9 Å². The third kappa shape index (κ3) is 6.08. The van der Waals surface area contributed by atoms with Crippen molar-refractivity contribution in [2.45, 2.75) is 18.4 Å². The Morgan fingerprint density at radius 2 is 1.53 bits per heavy atom. The van der Waals surface area contributed by atoms with Crippen molar-refractivity contribution < 1.29 is 18.7 Å². The number of nitrogens with two attached hydrogens (primary N) is 1. The van der Waals surface area contributed by atoms with Gasteiger partial charge in [0.25, 0.3) is 5.91 Å². The zero-order valence-electron chi connectivity index (χ0n) is 21.5. The van der Waals surface area contributed by atoms with Crippen molar-refractivity contribution in [3.63, 3.8) is 0 Å². The van der Waals surface area contributed by atoms with Crippen LogP contribution in [0.5, 0.6) is 5.75 Å². The highest BCUT2D eigenvalue weighted by Gasteiger charge is 2.50. The first kappa shape index (κ1) is 27.0. The van der Waals surface area contributed by atoms with Gasteiger partial charge in [-0.05, 0) is 74.3 Å². The van der Waals surface area contributed by atoms with Gasteiger partial charge in [0.2, 0.25) is 0 Å². The van der Waals surface area contributed by atoms with Crippen molar-refractivity contribution in [2.24, 2.45) is 16.6 Å². The van der Waals surface area contributed by atoms with E-state index < -0.39 is 5.54 Å². The van der Waals surface area contributed by atoms with Gasteiger partial charge < -0.3 is 15.4 Å². The fourth-order valence-electron chi connectivity index (χ4n) is 4.82. The number of aldehydes is 1. The molecule has 2 heterocycles. The lowest BCUT2D eigenvalue weighted by Crippen LogP contribution is -2.47. The van der Waals surface area contributed by atoms with Gasteiger partial charge in [-0.15, -0.1) is 0 Å². The number of hydrogen-bond acceptors (Lipinski definition) is 6.